The molecule has 0 atom stereocenters. The Kier molecular flexibility index (Phi) is 4.00. The van der Waals surface area contributed by atoms with Gasteiger partial charge in [0.15, 0.2) is 5.69 Å². The largest absolute Gasteiger partial charge is 0.497 e. The highest BCUT2D eigenvalue weighted by atomic mass is 32.1. The highest BCUT2D eigenvalue weighted by molar-refractivity contribution is 7.08. The number of rotatable bonds is 4. The number of hydrogen-bond acceptors (Lipinski definition) is 5. The molecule has 100 valence electrons. The zero-order chi connectivity index (χ0) is 13.8. The van der Waals surface area contributed by atoms with E-state index in [1.54, 1.807) is 24.3 Å². The van der Waals surface area contributed by atoms with E-state index in [9.17, 15) is 13.6 Å². The minimum Gasteiger partial charge on any atom is -0.497 e. The molecule has 0 unspecified atom stereocenters. The highest BCUT2D eigenvalue weighted by Gasteiger charge is 2.23. The van der Waals surface area contributed by atoms with Gasteiger partial charge in [-0.15, -0.1) is 5.10 Å². The second-order valence-electron chi connectivity index (χ2n) is 3.47. The molecule has 0 fully saturated rings. The van der Waals surface area contributed by atoms with E-state index in [2.05, 4.69) is 14.9 Å². The molecule has 0 aliphatic heterocycles. The van der Waals surface area contributed by atoms with Crippen LogP contribution in [0.25, 0.3) is 0 Å². The van der Waals surface area contributed by atoms with Crippen LogP contribution < -0.4 is 10.1 Å². The van der Waals surface area contributed by atoms with Gasteiger partial charge in [-0.25, -0.2) is 8.78 Å². The fourth-order valence-corrected chi connectivity index (χ4v) is 1.95. The van der Waals surface area contributed by atoms with Gasteiger partial charge < -0.3 is 10.1 Å². The van der Waals surface area contributed by atoms with Crippen molar-refractivity contribution in [3.63, 3.8) is 0 Å². The summed E-state index contributed by atoms with van der Waals surface area (Å²) in [4.78, 5) is 11.6. The molecule has 0 aliphatic carbocycles. The van der Waals surface area contributed by atoms with E-state index in [4.69, 9.17) is 4.74 Å². The molecular weight excluding hydrogens is 276 g/mol. The normalized spacial score (nSPS) is 10.5. The number of nitrogens with one attached hydrogen (secondary N) is 1. The number of aromatic nitrogens is 2. The number of hydrogen-bond donors (Lipinski definition) is 1. The number of benzene rings is 1. The lowest BCUT2D eigenvalue weighted by Gasteiger charge is -2.06. The molecule has 1 heterocycles. The molecule has 5 nitrogen and oxygen atoms in total. The van der Waals surface area contributed by atoms with Gasteiger partial charge in [-0.05, 0) is 23.7 Å². The number of halogens is 2. The van der Waals surface area contributed by atoms with Crippen LogP contribution in [0.5, 0.6) is 5.75 Å². The van der Waals surface area contributed by atoms with Crippen LogP contribution in [0, 0.1) is 0 Å². The first-order valence-corrected chi connectivity index (χ1v) is 5.95. The number of carbonyl (C=O) groups is 1. The fraction of sp³-hybridized carbons (Fsp3) is 0.182. The van der Waals surface area contributed by atoms with E-state index in [0.29, 0.717) is 23.0 Å². The quantitative estimate of drug-likeness (QED) is 0.938. The molecule has 1 aromatic heterocycles. The maximum atomic E-state index is 12.6. The zero-order valence-corrected chi connectivity index (χ0v) is 10.6. The zero-order valence-electron chi connectivity index (χ0n) is 9.76. The maximum absolute atomic E-state index is 12.6. The molecule has 2 rings (SSSR count). The summed E-state index contributed by atoms with van der Waals surface area (Å²) in [6.07, 6.45) is -2.83. The Balaban J connectivity index is 2.18. The van der Waals surface area contributed by atoms with Gasteiger partial charge in [0, 0.05) is 11.8 Å². The Morgan fingerprint density at radius 3 is 2.95 bits per heavy atom. The molecule has 19 heavy (non-hydrogen) atoms. The Bertz CT molecular complexity index is 589. The van der Waals surface area contributed by atoms with Crippen LogP contribution in [0.3, 0.4) is 0 Å². The molecule has 8 heteroatoms. The van der Waals surface area contributed by atoms with Crippen molar-refractivity contribution >= 4 is 23.1 Å². The third-order valence-corrected chi connectivity index (χ3v) is 2.99. The smallest absolute Gasteiger partial charge is 0.283 e. The van der Waals surface area contributed by atoms with Crippen LogP contribution >= 0.6 is 11.5 Å². The number of ether oxygens (including phenoxy) is 1. The van der Waals surface area contributed by atoms with Crippen molar-refractivity contribution < 1.29 is 18.3 Å². The molecule has 0 radical (unpaired) electrons. The number of amides is 1. The van der Waals surface area contributed by atoms with Gasteiger partial charge in [-0.2, -0.15) is 0 Å². The summed E-state index contributed by atoms with van der Waals surface area (Å²) in [6.45, 7) is 0. The molecule has 0 aliphatic rings. The number of nitrogens with zero attached hydrogens (tertiary/aromatic N) is 2. The highest BCUT2D eigenvalue weighted by Crippen LogP contribution is 2.24. The van der Waals surface area contributed by atoms with Gasteiger partial charge in [0.1, 0.15) is 10.6 Å². The van der Waals surface area contributed by atoms with Gasteiger partial charge in [0.25, 0.3) is 12.3 Å². The van der Waals surface area contributed by atoms with Crippen molar-refractivity contribution in [1.29, 1.82) is 0 Å². The average Bonchev–Trinajstić information content (AvgIpc) is 2.88. The molecule has 1 N–H and O–H groups in total. The topological polar surface area (TPSA) is 64.1 Å². The molecular formula is C11H9F2N3O2S. The summed E-state index contributed by atoms with van der Waals surface area (Å²) in [6, 6.07) is 6.58. The minimum atomic E-state index is -2.83. The summed E-state index contributed by atoms with van der Waals surface area (Å²) in [5.41, 5.74) is -0.164. The van der Waals surface area contributed by atoms with Crippen LogP contribution in [0.1, 0.15) is 21.8 Å². The lowest BCUT2D eigenvalue weighted by Crippen LogP contribution is -2.12. The van der Waals surface area contributed by atoms with E-state index < -0.39 is 18.0 Å². The van der Waals surface area contributed by atoms with Crippen molar-refractivity contribution in [2.24, 2.45) is 0 Å². The van der Waals surface area contributed by atoms with Gasteiger partial charge in [-0.1, -0.05) is 10.6 Å². The SMILES string of the molecule is COc1cccc(NC(=O)c2snnc2C(F)F)c1. The van der Waals surface area contributed by atoms with Gasteiger partial charge in [0.05, 0.1) is 7.11 Å². The van der Waals surface area contributed by atoms with E-state index >= 15 is 0 Å². The summed E-state index contributed by atoms with van der Waals surface area (Å²) in [7, 11) is 1.49. The molecule has 1 aromatic carbocycles. The third kappa shape index (κ3) is 3.02. The number of methoxy groups -OCH3 is 1. The van der Waals surface area contributed by atoms with Crippen LogP contribution in [0.2, 0.25) is 0 Å². The monoisotopic (exact) mass is 285 g/mol. The first kappa shape index (κ1) is 13.3. The van der Waals surface area contributed by atoms with E-state index in [0.717, 1.165) is 0 Å². The van der Waals surface area contributed by atoms with Crippen molar-refractivity contribution in [3.05, 3.63) is 34.8 Å². The second kappa shape index (κ2) is 5.70. The van der Waals surface area contributed by atoms with Crippen molar-refractivity contribution in [1.82, 2.24) is 9.59 Å². The fourth-order valence-electron chi connectivity index (χ4n) is 1.39. The third-order valence-electron chi connectivity index (χ3n) is 2.25. The number of anilines is 1. The standard InChI is InChI=1S/C11H9F2N3O2S/c1-18-7-4-2-3-6(5-7)14-11(17)9-8(10(12)13)15-16-19-9/h2-5,10H,1H3,(H,14,17). The number of carbonyl (C=O) groups excluding carboxylic acids is 1. The Labute approximate surface area is 111 Å². The van der Waals surface area contributed by atoms with Crippen LogP contribution in [-0.2, 0) is 0 Å². The van der Waals surface area contributed by atoms with Crippen molar-refractivity contribution in [2.75, 3.05) is 12.4 Å². The molecule has 0 saturated carbocycles. The summed E-state index contributed by atoms with van der Waals surface area (Å²) < 4.78 is 33.5. The van der Waals surface area contributed by atoms with Crippen LogP contribution in [0.15, 0.2) is 24.3 Å². The van der Waals surface area contributed by atoms with Crippen LogP contribution in [-0.4, -0.2) is 22.6 Å². The predicted molar refractivity (Wildman–Crippen MR) is 65.8 cm³/mol. The Hall–Kier alpha value is -2.09. The predicted octanol–water partition coefficient (Wildman–Crippen LogP) is 2.74. The van der Waals surface area contributed by atoms with E-state index in [1.807, 2.05) is 0 Å². The lowest BCUT2D eigenvalue weighted by molar-refractivity contribution is 0.101. The average molecular weight is 285 g/mol. The van der Waals surface area contributed by atoms with Gasteiger partial charge >= 0.3 is 0 Å². The summed E-state index contributed by atoms with van der Waals surface area (Å²) in [5, 5.41) is 5.74. The lowest BCUT2D eigenvalue weighted by atomic mass is 10.3. The molecule has 0 saturated heterocycles. The second-order valence-corrected chi connectivity index (χ2v) is 4.23. The molecule has 0 bridgehead atoms. The first-order valence-electron chi connectivity index (χ1n) is 5.17. The number of alkyl halides is 2. The van der Waals surface area contributed by atoms with Crippen molar-refractivity contribution in [2.45, 2.75) is 6.43 Å². The first-order chi connectivity index (χ1) is 9.11. The van der Waals surface area contributed by atoms with Crippen molar-refractivity contribution in [3.8, 4) is 5.75 Å². The summed E-state index contributed by atoms with van der Waals surface area (Å²) >= 11 is 0.631. The molecule has 1 amide bonds. The molecule has 2 aromatic rings. The minimum absolute atomic E-state index is 0.196. The summed E-state index contributed by atoms with van der Waals surface area (Å²) in [5.74, 6) is -0.118. The van der Waals surface area contributed by atoms with E-state index in [-0.39, 0.29) is 4.88 Å². The van der Waals surface area contributed by atoms with E-state index in [1.165, 1.54) is 7.11 Å². The Morgan fingerprint density at radius 1 is 1.47 bits per heavy atom. The maximum Gasteiger partial charge on any atom is 0.283 e. The molecule has 0 spiro atoms. The van der Waals surface area contributed by atoms with Crippen LogP contribution in [0.4, 0.5) is 14.5 Å². The van der Waals surface area contributed by atoms with Gasteiger partial charge in [0.2, 0.25) is 0 Å². The Morgan fingerprint density at radius 2 is 2.26 bits per heavy atom. The van der Waals surface area contributed by atoms with Gasteiger partial charge in [-0.3, -0.25) is 4.79 Å².